The summed E-state index contributed by atoms with van der Waals surface area (Å²) in [6.45, 7) is 7.93. The lowest BCUT2D eigenvalue weighted by Crippen LogP contribution is -2.46. The highest BCUT2D eigenvalue weighted by atomic mass is 16.5. The Balaban J connectivity index is 1.54. The maximum absolute atomic E-state index is 12.4. The second-order valence-electron chi connectivity index (χ2n) is 7.66. The Labute approximate surface area is 178 Å². The molecule has 3 rings (SSSR count). The fraction of sp³-hybridized carbons (Fsp3) is 0.435. The summed E-state index contributed by atoms with van der Waals surface area (Å²) in [7, 11) is 1.68. The van der Waals surface area contributed by atoms with Gasteiger partial charge in [-0.2, -0.15) is 0 Å². The molecule has 7 heteroatoms. The maximum Gasteiger partial charge on any atom is 0.322 e. The molecule has 7 nitrogen and oxygen atoms in total. The number of methoxy groups -OCH3 is 1. The summed E-state index contributed by atoms with van der Waals surface area (Å²) >= 11 is 0. The van der Waals surface area contributed by atoms with Gasteiger partial charge in [0.05, 0.1) is 13.7 Å². The Morgan fingerprint density at radius 2 is 1.50 bits per heavy atom. The van der Waals surface area contributed by atoms with Gasteiger partial charge in [-0.05, 0) is 62.4 Å². The minimum Gasteiger partial charge on any atom is -0.497 e. The summed E-state index contributed by atoms with van der Waals surface area (Å²) in [6.07, 6.45) is 0. The van der Waals surface area contributed by atoms with Crippen LogP contribution in [0.1, 0.15) is 13.8 Å². The third kappa shape index (κ3) is 5.36. The quantitative estimate of drug-likeness (QED) is 0.731. The zero-order valence-electron chi connectivity index (χ0n) is 18.0. The van der Waals surface area contributed by atoms with Gasteiger partial charge in [-0.15, -0.1) is 0 Å². The number of urea groups is 1. The van der Waals surface area contributed by atoms with Gasteiger partial charge in [0.2, 0.25) is 0 Å². The molecular formula is C23H32N4O3. The zero-order valence-corrected chi connectivity index (χ0v) is 18.0. The molecule has 1 aliphatic rings. The van der Waals surface area contributed by atoms with Crippen LogP contribution in [0.25, 0.3) is 0 Å². The minimum absolute atomic E-state index is 0.0263. The molecule has 0 atom stereocenters. The number of aliphatic hydroxyl groups excluding tert-OH is 1. The van der Waals surface area contributed by atoms with Crippen molar-refractivity contribution in [3.63, 3.8) is 0 Å². The third-order valence-electron chi connectivity index (χ3n) is 5.43. The van der Waals surface area contributed by atoms with Crippen LogP contribution >= 0.6 is 0 Å². The van der Waals surface area contributed by atoms with Crippen LogP contribution in [-0.2, 0) is 0 Å². The fourth-order valence-corrected chi connectivity index (χ4v) is 3.67. The molecule has 0 aromatic heterocycles. The number of piperazine rings is 1. The molecule has 2 aromatic rings. The number of aliphatic hydroxyl groups is 1. The molecular weight excluding hydrogens is 380 g/mol. The van der Waals surface area contributed by atoms with Gasteiger partial charge in [0.1, 0.15) is 5.75 Å². The second-order valence-corrected chi connectivity index (χ2v) is 7.66. The van der Waals surface area contributed by atoms with Gasteiger partial charge in [0.15, 0.2) is 0 Å². The van der Waals surface area contributed by atoms with Gasteiger partial charge in [-0.25, -0.2) is 4.79 Å². The number of nitrogens with one attached hydrogen (secondary N) is 1. The maximum atomic E-state index is 12.4. The fourth-order valence-electron chi connectivity index (χ4n) is 3.67. The van der Waals surface area contributed by atoms with E-state index in [-0.39, 0.29) is 18.7 Å². The lowest BCUT2D eigenvalue weighted by Gasteiger charge is -2.37. The number of rotatable bonds is 7. The predicted octanol–water partition coefficient (Wildman–Crippen LogP) is 3.26. The molecule has 0 bridgehead atoms. The van der Waals surface area contributed by atoms with Crippen LogP contribution in [0.2, 0.25) is 0 Å². The lowest BCUT2D eigenvalue weighted by atomic mass is 10.2. The van der Waals surface area contributed by atoms with Crippen molar-refractivity contribution in [2.75, 3.05) is 61.6 Å². The molecule has 162 valence electrons. The van der Waals surface area contributed by atoms with Crippen LogP contribution in [0, 0.1) is 0 Å². The molecule has 1 fully saturated rings. The smallest absolute Gasteiger partial charge is 0.322 e. The molecule has 0 saturated carbocycles. The summed E-state index contributed by atoms with van der Waals surface area (Å²) in [6, 6.07) is 16.0. The molecule has 0 unspecified atom stereocenters. The highest BCUT2D eigenvalue weighted by molar-refractivity contribution is 5.89. The average Bonchev–Trinajstić information content (AvgIpc) is 2.78. The van der Waals surface area contributed by atoms with E-state index in [9.17, 15) is 4.79 Å². The topological polar surface area (TPSA) is 68.3 Å². The first-order chi connectivity index (χ1) is 14.5. The van der Waals surface area contributed by atoms with Crippen molar-refractivity contribution >= 4 is 23.1 Å². The molecule has 30 heavy (non-hydrogen) atoms. The first-order valence-corrected chi connectivity index (χ1v) is 10.4. The number of amides is 2. The van der Waals surface area contributed by atoms with Crippen LogP contribution < -0.4 is 19.9 Å². The van der Waals surface area contributed by atoms with Gasteiger partial charge in [-0.3, -0.25) is 0 Å². The van der Waals surface area contributed by atoms with Crippen molar-refractivity contribution in [3.05, 3.63) is 48.5 Å². The van der Waals surface area contributed by atoms with E-state index >= 15 is 0 Å². The number of hydrogen-bond acceptors (Lipinski definition) is 5. The van der Waals surface area contributed by atoms with E-state index < -0.39 is 0 Å². The largest absolute Gasteiger partial charge is 0.497 e. The van der Waals surface area contributed by atoms with E-state index in [0.29, 0.717) is 6.54 Å². The van der Waals surface area contributed by atoms with Crippen molar-refractivity contribution < 1.29 is 14.6 Å². The number of carbonyl (C=O) groups is 1. The Hall–Kier alpha value is -2.93. The first kappa shape index (κ1) is 21.8. The van der Waals surface area contributed by atoms with E-state index in [1.807, 2.05) is 50.2 Å². The predicted molar refractivity (Wildman–Crippen MR) is 122 cm³/mol. The van der Waals surface area contributed by atoms with E-state index in [1.54, 1.807) is 12.0 Å². The summed E-state index contributed by atoms with van der Waals surface area (Å²) < 4.78 is 5.23. The Bertz CT molecular complexity index is 800. The normalized spacial score (nSPS) is 14.0. The van der Waals surface area contributed by atoms with Gasteiger partial charge < -0.3 is 29.9 Å². The Morgan fingerprint density at radius 3 is 1.93 bits per heavy atom. The molecule has 2 aromatic carbocycles. The SMILES string of the molecule is COc1ccc(N2CCN(c3ccc(NC(=O)N(CCO)C(C)C)cc3)CC2)cc1. The van der Waals surface area contributed by atoms with Crippen molar-refractivity contribution in [1.29, 1.82) is 0 Å². The van der Waals surface area contributed by atoms with Gasteiger partial charge >= 0.3 is 6.03 Å². The summed E-state index contributed by atoms with van der Waals surface area (Å²) in [5.41, 5.74) is 3.12. The molecule has 1 saturated heterocycles. The first-order valence-electron chi connectivity index (χ1n) is 10.4. The van der Waals surface area contributed by atoms with Crippen molar-refractivity contribution in [2.45, 2.75) is 19.9 Å². The molecule has 0 spiro atoms. The van der Waals surface area contributed by atoms with Crippen LogP contribution in [-0.4, -0.2) is 68.5 Å². The van der Waals surface area contributed by atoms with Crippen LogP contribution in [0.3, 0.4) is 0 Å². The van der Waals surface area contributed by atoms with E-state index in [2.05, 4.69) is 27.2 Å². The molecule has 0 radical (unpaired) electrons. The molecule has 1 heterocycles. The van der Waals surface area contributed by atoms with Crippen LogP contribution in [0.4, 0.5) is 21.9 Å². The van der Waals surface area contributed by atoms with Crippen LogP contribution in [0.15, 0.2) is 48.5 Å². The van der Waals surface area contributed by atoms with Crippen molar-refractivity contribution in [3.8, 4) is 5.75 Å². The number of hydrogen-bond donors (Lipinski definition) is 2. The number of benzene rings is 2. The number of nitrogens with zero attached hydrogens (tertiary/aromatic N) is 3. The molecule has 0 aliphatic carbocycles. The monoisotopic (exact) mass is 412 g/mol. The van der Waals surface area contributed by atoms with Gasteiger partial charge in [0.25, 0.3) is 0 Å². The van der Waals surface area contributed by atoms with Gasteiger partial charge in [-0.1, -0.05) is 0 Å². The Kier molecular flexibility index (Phi) is 7.41. The van der Waals surface area contributed by atoms with E-state index in [0.717, 1.165) is 43.3 Å². The number of carbonyl (C=O) groups excluding carboxylic acids is 1. The highest BCUT2D eigenvalue weighted by Gasteiger charge is 2.19. The highest BCUT2D eigenvalue weighted by Crippen LogP contribution is 2.24. The standard InChI is InChI=1S/C23H32N4O3/c1-18(2)27(16-17-28)23(29)24-19-4-6-20(7-5-19)25-12-14-26(15-13-25)21-8-10-22(30-3)11-9-21/h4-11,18,28H,12-17H2,1-3H3,(H,24,29). The minimum atomic E-state index is -0.195. The van der Waals surface area contributed by atoms with Gasteiger partial charge in [0, 0.05) is 55.8 Å². The number of anilines is 3. The third-order valence-corrected chi connectivity index (χ3v) is 5.43. The summed E-state index contributed by atoms with van der Waals surface area (Å²) in [4.78, 5) is 18.8. The lowest BCUT2D eigenvalue weighted by molar-refractivity contribution is 0.172. The molecule has 2 N–H and O–H groups in total. The zero-order chi connectivity index (χ0) is 21.5. The van der Waals surface area contributed by atoms with Crippen LogP contribution in [0.5, 0.6) is 5.75 Å². The average molecular weight is 413 g/mol. The van der Waals surface area contributed by atoms with E-state index in [1.165, 1.54) is 5.69 Å². The molecule has 1 aliphatic heterocycles. The second kappa shape index (κ2) is 10.2. The number of ether oxygens (including phenoxy) is 1. The van der Waals surface area contributed by atoms with Crippen molar-refractivity contribution in [2.24, 2.45) is 0 Å². The summed E-state index contributed by atoms with van der Waals surface area (Å²) in [5.74, 6) is 0.873. The van der Waals surface area contributed by atoms with Crippen molar-refractivity contribution in [1.82, 2.24) is 4.90 Å². The Morgan fingerprint density at radius 1 is 1.00 bits per heavy atom. The summed E-state index contributed by atoms with van der Waals surface area (Å²) in [5, 5.41) is 12.1. The molecule has 2 amide bonds. The van der Waals surface area contributed by atoms with E-state index in [4.69, 9.17) is 9.84 Å².